The van der Waals surface area contributed by atoms with Gasteiger partial charge in [-0.15, -0.1) is 0 Å². The predicted octanol–water partition coefficient (Wildman–Crippen LogP) is 4.97. The molecule has 0 amide bonds. The molecule has 2 aromatic rings. The van der Waals surface area contributed by atoms with Crippen LogP contribution in [0.2, 0.25) is 0 Å². The molecule has 0 radical (unpaired) electrons. The molecule has 1 fully saturated rings. The SMILES string of the molecule is FC(F)(F)c1ccc(-c2cccc(N3CCCC3)c2)cc1. The molecule has 1 aliphatic heterocycles. The Bertz CT molecular complexity index is 611. The first-order valence-corrected chi connectivity index (χ1v) is 7.07. The van der Waals surface area contributed by atoms with Gasteiger partial charge in [-0.3, -0.25) is 0 Å². The number of anilines is 1. The van der Waals surface area contributed by atoms with Gasteiger partial charge >= 0.3 is 6.18 Å². The molecule has 2 aromatic carbocycles. The van der Waals surface area contributed by atoms with Gasteiger partial charge in [0, 0.05) is 18.8 Å². The minimum Gasteiger partial charge on any atom is -0.372 e. The average Bonchev–Trinajstić information content (AvgIpc) is 3.01. The maximum atomic E-state index is 12.6. The largest absolute Gasteiger partial charge is 0.416 e. The van der Waals surface area contributed by atoms with Gasteiger partial charge in [-0.25, -0.2) is 0 Å². The average molecular weight is 291 g/mol. The van der Waals surface area contributed by atoms with E-state index in [1.54, 1.807) is 0 Å². The van der Waals surface area contributed by atoms with Crippen molar-refractivity contribution >= 4 is 5.69 Å². The summed E-state index contributed by atoms with van der Waals surface area (Å²) in [5.74, 6) is 0. The van der Waals surface area contributed by atoms with Gasteiger partial charge in [0.15, 0.2) is 0 Å². The molecule has 4 heteroatoms. The molecule has 0 aliphatic carbocycles. The zero-order chi connectivity index (χ0) is 14.9. The van der Waals surface area contributed by atoms with E-state index in [0.717, 1.165) is 42.0 Å². The van der Waals surface area contributed by atoms with Crippen LogP contribution in [0.3, 0.4) is 0 Å². The quantitative estimate of drug-likeness (QED) is 0.755. The van der Waals surface area contributed by atoms with E-state index < -0.39 is 11.7 Å². The van der Waals surface area contributed by atoms with Gasteiger partial charge in [-0.2, -0.15) is 13.2 Å². The molecule has 1 aliphatic rings. The molecule has 1 nitrogen and oxygen atoms in total. The summed E-state index contributed by atoms with van der Waals surface area (Å²) in [5.41, 5.74) is 2.30. The van der Waals surface area contributed by atoms with Crippen molar-refractivity contribution < 1.29 is 13.2 Å². The van der Waals surface area contributed by atoms with E-state index in [2.05, 4.69) is 11.0 Å². The van der Waals surface area contributed by atoms with E-state index in [4.69, 9.17) is 0 Å². The molecule has 0 unspecified atom stereocenters. The number of hydrogen-bond donors (Lipinski definition) is 0. The summed E-state index contributed by atoms with van der Waals surface area (Å²) in [6.45, 7) is 2.10. The minimum atomic E-state index is -4.28. The maximum absolute atomic E-state index is 12.6. The van der Waals surface area contributed by atoms with Gasteiger partial charge in [0.2, 0.25) is 0 Å². The fraction of sp³-hybridized carbons (Fsp3) is 0.294. The van der Waals surface area contributed by atoms with E-state index in [9.17, 15) is 13.2 Å². The summed E-state index contributed by atoms with van der Waals surface area (Å²) in [7, 11) is 0. The van der Waals surface area contributed by atoms with Crippen molar-refractivity contribution in [2.24, 2.45) is 0 Å². The Labute approximate surface area is 122 Å². The zero-order valence-electron chi connectivity index (χ0n) is 11.5. The smallest absolute Gasteiger partial charge is 0.372 e. The van der Waals surface area contributed by atoms with E-state index in [1.807, 2.05) is 18.2 Å². The third-order valence-corrected chi connectivity index (χ3v) is 3.86. The molecule has 0 aromatic heterocycles. The fourth-order valence-electron chi connectivity index (χ4n) is 2.71. The number of benzene rings is 2. The molecule has 110 valence electrons. The van der Waals surface area contributed by atoms with Crippen LogP contribution in [0.5, 0.6) is 0 Å². The number of hydrogen-bond acceptors (Lipinski definition) is 1. The van der Waals surface area contributed by atoms with Crippen LogP contribution < -0.4 is 4.90 Å². The van der Waals surface area contributed by atoms with Crippen LogP contribution in [-0.2, 0) is 6.18 Å². The lowest BCUT2D eigenvalue weighted by molar-refractivity contribution is -0.137. The Kier molecular flexibility index (Phi) is 3.62. The van der Waals surface area contributed by atoms with E-state index in [-0.39, 0.29) is 0 Å². The second kappa shape index (κ2) is 5.43. The molecule has 0 saturated carbocycles. The molecule has 3 rings (SSSR count). The van der Waals surface area contributed by atoms with Crippen LogP contribution in [0.4, 0.5) is 18.9 Å². The predicted molar refractivity (Wildman–Crippen MR) is 78.3 cm³/mol. The summed E-state index contributed by atoms with van der Waals surface area (Å²) in [5, 5.41) is 0. The molecule has 1 saturated heterocycles. The molecular weight excluding hydrogens is 275 g/mol. The Balaban J connectivity index is 1.88. The molecule has 0 N–H and O–H groups in total. The Morgan fingerprint density at radius 1 is 0.810 bits per heavy atom. The normalized spacial score (nSPS) is 15.5. The standard InChI is InChI=1S/C17H16F3N/c18-17(19,20)15-8-6-13(7-9-15)14-4-3-5-16(12-14)21-10-1-2-11-21/h3-9,12H,1-2,10-11H2. The number of halogens is 3. The number of nitrogens with zero attached hydrogens (tertiary/aromatic N) is 1. The molecule has 0 bridgehead atoms. The van der Waals surface area contributed by atoms with Crippen molar-refractivity contribution in [2.45, 2.75) is 19.0 Å². The second-order valence-electron chi connectivity index (χ2n) is 5.32. The van der Waals surface area contributed by atoms with Crippen molar-refractivity contribution in [2.75, 3.05) is 18.0 Å². The van der Waals surface area contributed by atoms with Gasteiger partial charge in [0.1, 0.15) is 0 Å². The maximum Gasteiger partial charge on any atom is 0.416 e. The van der Waals surface area contributed by atoms with Crippen molar-refractivity contribution in [1.82, 2.24) is 0 Å². The van der Waals surface area contributed by atoms with Crippen LogP contribution in [-0.4, -0.2) is 13.1 Å². The second-order valence-corrected chi connectivity index (χ2v) is 5.32. The molecule has 1 heterocycles. The van der Waals surface area contributed by atoms with Gasteiger partial charge < -0.3 is 4.90 Å². The van der Waals surface area contributed by atoms with Gasteiger partial charge in [0.25, 0.3) is 0 Å². The first-order valence-electron chi connectivity index (χ1n) is 7.07. The van der Waals surface area contributed by atoms with Gasteiger partial charge in [-0.1, -0.05) is 24.3 Å². The number of rotatable bonds is 2. The summed E-state index contributed by atoms with van der Waals surface area (Å²) >= 11 is 0. The summed E-state index contributed by atoms with van der Waals surface area (Å²) < 4.78 is 37.8. The molecular formula is C17H16F3N. The highest BCUT2D eigenvalue weighted by molar-refractivity contribution is 5.69. The lowest BCUT2D eigenvalue weighted by atomic mass is 10.0. The van der Waals surface area contributed by atoms with Crippen molar-refractivity contribution in [3.63, 3.8) is 0 Å². The van der Waals surface area contributed by atoms with E-state index in [1.165, 1.54) is 25.0 Å². The monoisotopic (exact) mass is 291 g/mol. The van der Waals surface area contributed by atoms with Crippen molar-refractivity contribution in [3.8, 4) is 11.1 Å². The Hall–Kier alpha value is -1.97. The fourth-order valence-corrected chi connectivity index (χ4v) is 2.71. The third kappa shape index (κ3) is 3.04. The summed E-state index contributed by atoms with van der Waals surface area (Å²) in [6, 6.07) is 13.3. The Morgan fingerprint density at radius 3 is 2.10 bits per heavy atom. The molecule has 0 atom stereocenters. The Morgan fingerprint density at radius 2 is 1.48 bits per heavy atom. The molecule has 0 spiro atoms. The minimum absolute atomic E-state index is 0.609. The van der Waals surface area contributed by atoms with Crippen LogP contribution >= 0.6 is 0 Å². The van der Waals surface area contributed by atoms with Crippen LogP contribution in [0.1, 0.15) is 18.4 Å². The lowest BCUT2D eigenvalue weighted by Gasteiger charge is -2.18. The lowest BCUT2D eigenvalue weighted by Crippen LogP contribution is -2.17. The zero-order valence-corrected chi connectivity index (χ0v) is 11.5. The van der Waals surface area contributed by atoms with Crippen LogP contribution in [0.15, 0.2) is 48.5 Å². The van der Waals surface area contributed by atoms with Gasteiger partial charge in [-0.05, 0) is 48.2 Å². The van der Waals surface area contributed by atoms with Crippen molar-refractivity contribution in [3.05, 3.63) is 54.1 Å². The van der Waals surface area contributed by atoms with E-state index >= 15 is 0 Å². The first-order chi connectivity index (χ1) is 10.0. The summed E-state index contributed by atoms with van der Waals surface area (Å²) in [6.07, 6.45) is -1.88. The topological polar surface area (TPSA) is 3.24 Å². The van der Waals surface area contributed by atoms with E-state index in [0.29, 0.717) is 0 Å². The highest BCUT2D eigenvalue weighted by Crippen LogP contribution is 2.32. The molecule has 21 heavy (non-hydrogen) atoms. The summed E-state index contributed by atoms with van der Waals surface area (Å²) in [4.78, 5) is 2.31. The van der Waals surface area contributed by atoms with Gasteiger partial charge in [0.05, 0.1) is 5.56 Å². The van der Waals surface area contributed by atoms with Crippen LogP contribution in [0.25, 0.3) is 11.1 Å². The highest BCUT2D eigenvalue weighted by Gasteiger charge is 2.29. The van der Waals surface area contributed by atoms with Crippen molar-refractivity contribution in [1.29, 1.82) is 0 Å². The number of alkyl halides is 3. The third-order valence-electron chi connectivity index (χ3n) is 3.86. The highest BCUT2D eigenvalue weighted by atomic mass is 19.4. The first kappa shape index (κ1) is 14.0. The van der Waals surface area contributed by atoms with Crippen LogP contribution in [0, 0.1) is 0 Å².